The minimum Gasteiger partial charge on any atom is -0.372 e. The Labute approximate surface area is 131 Å². The SMILES string of the molecule is CC12COC(Cn3nc(C4CC4)c(C(F)(F)F)c3C(N)=O)(C1)C2. The Balaban J connectivity index is 1.76. The Hall–Kier alpha value is -1.57. The number of halogens is 3. The first kappa shape index (κ1) is 15.0. The molecular weight excluding hydrogens is 311 g/mol. The van der Waals surface area contributed by atoms with Crippen molar-refractivity contribution >= 4 is 5.91 Å². The molecule has 126 valence electrons. The van der Waals surface area contributed by atoms with Crippen molar-refractivity contribution in [1.82, 2.24) is 9.78 Å². The van der Waals surface area contributed by atoms with E-state index in [1.54, 1.807) is 0 Å². The van der Waals surface area contributed by atoms with E-state index in [1.165, 1.54) is 0 Å². The maximum atomic E-state index is 13.5. The molecule has 2 N–H and O–H groups in total. The quantitative estimate of drug-likeness (QED) is 0.922. The van der Waals surface area contributed by atoms with Crippen LogP contribution in [0.25, 0.3) is 0 Å². The molecule has 1 aromatic rings. The lowest BCUT2D eigenvalue weighted by molar-refractivity contribution is -0.138. The van der Waals surface area contributed by atoms with Gasteiger partial charge in [0.1, 0.15) is 11.3 Å². The van der Waals surface area contributed by atoms with Crippen molar-refractivity contribution in [3.63, 3.8) is 0 Å². The number of carbonyl (C=O) groups is 1. The molecule has 2 aliphatic carbocycles. The molecule has 2 bridgehead atoms. The predicted molar refractivity (Wildman–Crippen MR) is 73.7 cm³/mol. The van der Waals surface area contributed by atoms with E-state index >= 15 is 0 Å². The highest BCUT2D eigenvalue weighted by Gasteiger charge is 2.60. The van der Waals surface area contributed by atoms with E-state index in [9.17, 15) is 18.0 Å². The number of carbonyl (C=O) groups excluding carboxylic acids is 1. The third-order valence-electron chi connectivity index (χ3n) is 5.12. The van der Waals surface area contributed by atoms with Crippen molar-refractivity contribution in [2.45, 2.75) is 56.8 Å². The molecule has 1 amide bonds. The first-order chi connectivity index (χ1) is 10.6. The molecule has 0 spiro atoms. The van der Waals surface area contributed by atoms with E-state index in [0.717, 1.165) is 17.5 Å². The second-order valence-corrected chi connectivity index (χ2v) is 7.54. The van der Waals surface area contributed by atoms with Gasteiger partial charge in [-0.25, -0.2) is 0 Å². The highest BCUT2D eigenvalue weighted by Crippen LogP contribution is 2.58. The van der Waals surface area contributed by atoms with Gasteiger partial charge in [0.15, 0.2) is 0 Å². The summed E-state index contributed by atoms with van der Waals surface area (Å²) < 4.78 is 47.3. The molecule has 0 aromatic carbocycles. The van der Waals surface area contributed by atoms with E-state index in [4.69, 9.17) is 10.5 Å². The van der Waals surface area contributed by atoms with Crippen LogP contribution in [0.15, 0.2) is 0 Å². The van der Waals surface area contributed by atoms with Gasteiger partial charge in [0.2, 0.25) is 0 Å². The maximum Gasteiger partial charge on any atom is 0.420 e. The minimum absolute atomic E-state index is 0.0391. The van der Waals surface area contributed by atoms with E-state index in [-0.39, 0.29) is 23.6 Å². The van der Waals surface area contributed by atoms with Crippen molar-refractivity contribution in [3.05, 3.63) is 17.0 Å². The highest BCUT2D eigenvalue weighted by atomic mass is 19.4. The molecule has 2 saturated carbocycles. The van der Waals surface area contributed by atoms with Crippen LogP contribution in [-0.2, 0) is 17.5 Å². The monoisotopic (exact) mass is 329 g/mol. The van der Waals surface area contributed by atoms with Crippen LogP contribution in [0.4, 0.5) is 13.2 Å². The van der Waals surface area contributed by atoms with Gasteiger partial charge >= 0.3 is 6.18 Å². The predicted octanol–water partition coefficient (Wildman–Crippen LogP) is 2.45. The zero-order valence-corrected chi connectivity index (χ0v) is 12.7. The van der Waals surface area contributed by atoms with Crippen LogP contribution in [0, 0.1) is 5.41 Å². The van der Waals surface area contributed by atoms with Crippen LogP contribution in [0.2, 0.25) is 0 Å². The topological polar surface area (TPSA) is 70.1 Å². The summed E-state index contributed by atoms with van der Waals surface area (Å²) in [7, 11) is 0. The number of primary amides is 1. The number of amides is 1. The minimum atomic E-state index is -4.64. The lowest BCUT2D eigenvalue weighted by Crippen LogP contribution is -2.46. The maximum absolute atomic E-state index is 13.5. The van der Waals surface area contributed by atoms with Crippen LogP contribution >= 0.6 is 0 Å². The lowest BCUT2D eigenvalue weighted by Gasteiger charge is -2.42. The summed E-state index contributed by atoms with van der Waals surface area (Å²) in [6.45, 7) is 2.84. The lowest BCUT2D eigenvalue weighted by atomic mass is 9.64. The molecule has 5 rings (SSSR count). The normalized spacial score (nSPS) is 32.9. The molecule has 4 aliphatic rings. The van der Waals surface area contributed by atoms with Crippen molar-refractivity contribution in [2.24, 2.45) is 11.1 Å². The van der Waals surface area contributed by atoms with E-state index in [0.29, 0.717) is 19.4 Å². The molecule has 23 heavy (non-hydrogen) atoms. The van der Waals surface area contributed by atoms with Crippen molar-refractivity contribution in [2.75, 3.05) is 6.61 Å². The zero-order chi connectivity index (χ0) is 16.6. The number of nitrogens with two attached hydrogens (primary N) is 1. The molecule has 0 radical (unpaired) electrons. The molecule has 0 unspecified atom stereocenters. The van der Waals surface area contributed by atoms with Crippen LogP contribution < -0.4 is 5.73 Å². The van der Waals surface area contributed by atoms with Gasteiger partial charge in [-0.3, -0.25) is 9.48 Å². The Kier molecular flexibility index (Phi) is 2.79. The molecular formula is C15H18F3N3O2. The van der Waals surface area contributed by atoms with Crippen molar-refractivity contribution in [3.8, 4) is 0 Å². The second kappa shape index (κ2) is 4.28. The fourth-order valence-electron chi connectivity index (χ4n) is 4.23. The Morgan fingerprint density at radius 2 is 2.09 bits per heavy atom. The van der Waals surface area contributed by atoms with Crippen LogP contribution in [-0.4, -0.2) is 27.9 Å². The van der Waals surface area contributed by atoms with Gasteiger partial charge in [0, 0.05) is 5.92 Å². The van der Waals surface area contributed by atoms with E-state index in [1.807, 2.05) is 0 Å². The molecule has 0 atom stereocenters. The molecule has 1 aromatic heterocycles. The van der Waals surface area contributed by atoms with Crippen LogP contribution in [0.3, 0.4) is 0 Å². The second-order valence-electron chi connectivity index (χ2n) is 7.54. The molecule has 4 fully saturated rings. The molecule has 2 aliphatic heterocycles. The number of nitrogens with zero attached hydrogens (tertiary/aromatic N) is 2. The molecule has 2 saturated heterocycles. The average Bonchev–Trinajstić information content (AvgIpc) is 2.98. The van der Waals surface area contributed by atoms with Gasteiger partial charge in [-0.15, -0.1) is 0 Å². The summed E-state index contributed by atoms with van der Waals surface area (Å²) in [6, 6.07) is 0. The van der Waals surface area contributed by atoms with Crippen molar-refractivity contribution < 1.29 is 22.7 Å². The Bertz CT molecular complexity index is 685. The zero-order valence-electron chi connectivity index (χ0n) is 12.7. The summed E-state index contributed by atoms with van der Waals surface area (Å²) in [4.78, 5) is 11.7. The third-order valence-corrected chi connectivity index (χ3v) is 5.12. The Morgan fingerprint density at radius 3 is 2.52 bits per heavy atom. The molecule has 8 heteroatoms. The van der Waals surface area contributed by atoms with Crippen LogP contribution in [0.1, 0.15) is 60.3 Å². The van der Waals surface area contributed by atoms with Gasteiger partial charge in [0.25, 0.3) is 5.91 Å². The average molecular weight is 329 g/mol. The third kappa shape index (κ3) is 2.26. The van der Waals surface area contributed by atoms with E-state index < -0.39 is 28.9 Å². The van der Waals surface area contributed by atoms with E-state index in [2.05, 4.69) is 12.0 Å². The molecule has 5 nitrogen and oxygen atoms in total. The first-order valence-electron chi connectivity index (χ1n) is 7.74. The van der Waals surface area contributed by atoms with Crippen molar-refractivity contribution in [1.29, 1.82) is 0 Å². The number of aromatic nitrogens is 2. The van der Waals surface area contributed by atoms with Gasteiger partial charge in [-0.1, -0.05) is 6.92 Å². The fraction of sp³-hybridized carbons (Fsp3) is 0.733. The van der Waals surface area contributed by atoms with Gasteiger partial charge in [-0.2, -0.15) is 18.3 Å². The smallest absolute Gasteiger partial charge is 0.372 e. The number of hydrogen-bond acceptors (Lipinski definition) is 3. The number of ether oxygens (including phenoxy) is 1. The largest absolute Gasteiger partial charge is 0.420 e. The number of fused-ring (bicyclic) bond motifs is 1. The van der Waals surface area contributed by atoms with Gasteiger partial charge in [0.05, 0.1) is 24.4 Å². The summed E-state index contributed by atoms with van der Waals surface area (Å²) >= 11 is 0. The Morgan fingerprint density at radius 1 is 1.43 bits per heavy atom. The first-order valence-corrected chi connectivity index (χ1v) is 7.74. The van der Waals surface area contributed by atoms with Gasteiger partial charge < -0.3 is 10.5 Å². The summed E-state index contributed by atoms with van der Waals surface area (Å²) in [5.74, 6) is -1.31. The van der Waals surface area contributed by atoms with Crippen LogP contribution in [0.5, 0.6) is 0 Å². The highest BCUT2D eigenvalue weighted by molar-refractivity contribution is 5.93. The number of rotatable bonds is 4. The standard InChI is InChI=1S/C15H18F3N3O2/c1-13-4-14(5-13,23-7-13)6-21-11(12(19)22)9(15(16,17)18)10(20-21)8-2-3-8/h8H,2-7H2,1H3,(H2,19,22). The summed E-state index contributed by atoms with van der Waals surface area (Å²) in [5, 5.41) is 4.13. The number of hydrogen-bond donors (Lipinski definition) is 1. The fourth-order valence-corrected chi connectivity index (χ4v) is 4.23. The summed E-state index contributed by atoms with van der Waals surface area (Å²) in [6.07, 6.45) is -1.75. The molecule has 3 heterocycles. The number of alkyl halides is 3. The summed E-state index contributed by atoms with van der Waals surface area (Å²) in [5.41, 5.74) is 3.34. The van der Waals surface area contributed by atoms with Gasteiger partial charge in [-0.05, 0) is 31.1 Å².